The van der Waals surface area contributed by atoms with Crippen LogP contribution in [0, 0.1) is 6.92 Å². The van der Waals surface area contributed by atoms with E-state index in [0.717, 1.165) is 0 Å². The summed E-state index contributed by atoms with van der Waals surface area (Å²) in [5.41, 5.74) is 2.63. The summed E-state index contributed by atoms with van der Waals surface area (Å²) in [6.07, 6.45) is 8.32. The summed E-state index contributed by atoms with van der Waals surface area (Å²) in [5, 5.41) is 2.65. The molecule has 0 saturated carbocycles. The first kappa shape index (κ1) is 16.2. The fourth-order valence-electron chi connectivity index (χ4n) is 1.89. The summed E-state index contributed by atoms with van der Waals surface area (Å²) < 4.78 is 0. The zero-order valence-electron chi connectivity index (χ0n) is 9.77. The number of rotatable bonds is 2. The second kappa shape index (κ2) is 7.50. The van der Waals surface area contributed by atoms with Gasteiger partial charge in [0.2, 0.25) is 0 Å². The molecule has 0 amide bonds. The van der Waals surface area contributed by atoms with Gasteiger partial charge in [-0.1, -0.05) is 75.6 Å². The maximum atomic E-state index is 2.18. The first-order valence-electron chi connectivity index (χ1n) is 5.60. The van der Waals surface area contributed by atoms with E-state index in [1.165, 1.54) is 21.9 Å². The molecule has 0 unspecified atom stereocenters. The summed E-state index contributed by atoms with van der Waals surface area (Å²) in [6, 6.07) is 12.9. The van der Waals surface area contributed by atoms with Crippen LogP contribution in [0.25, 0.3) is 16.8 Å². The third kappa shape index (κ3) is 3.33. The van der Waals surface area contributed by atoms with E-state index in [1.807, 2.05) is 13.0 Å². The summed E-state index contributed by atoms with van der Waals surface area (Å²) in [7, 11) is 0. The highest BCUT2D eigenvalue weighted by molar-refractivity contribution is 5.88. The van der Waals surface area contributed by atoms with Crippen molar-refractivity contribution in [3.8, 4) is 0 Å². The van der Waals surface area contributed by atoms with Gasteiger partial charge in [-0.2, -0.15) is 0 Å². The van der Waals surface area contributed by atoms with Crippen LogP contribution in [0.5, 0.6) is 0 Å². The van der Waals surface area contributed by atoms with Crippen molar-refractivity contribution in [3.05, 3.63) is 65.8 Å². The highest BCUT2D eigenvalue weighted by Gasteiger charge is 1.99. The Labute approximate surface area is 112 Å². The van der Waals surface area contributed by atoms with Gasteiger partial charge in [0.1, 0.15) is 0 Å². The van der Waals surface area contributed by atoms with Gasteiger partial charge in [0.25, 0.3) is 0 Å². The Hall–Kier alpha value is -1.82. The standard InChI is InChI=1S/C16H16.2CH4/c1-3-4-5-8-14-11-12-15-9-6-7-10-16(15)13(14)2;;/h3-12H,1-2H3;2*1H4/b4-3-,8-5-;;. The Morgan fingerprint density at radius 3 is 2.33 bits per heavy atom. The van der Waals surface area contributed by atoms with Crippen LogP contribution in [-0.2, 0) is 0 Å². The Bertz CT molecular complexity index is 545. The lowest BCUT2D eigenvalue weighted by atomic mass is 10.00. The Morgan fingerprint density at radius 2 is 1.61 bits per heavy atom. The van der Waals surface area contributed by atoms with Crippen molar-refractivity contribution in [2.75, 3.05) is 0 Å². The number of benzene rings is 2. The largest absolute Gasteiger partial charge is 0.0877 e. The second-order valence-electron chi connectivity index (χ2n) is 3.89. The fourth-order valence-corrected chi connectivity index (χ4v) is 1.89. The lowest BCUT2D eigenvalue weighted by molar-refractivity contribution is 1.50. The van der Waals surface area contributed by atoms with Crippen LogP contribution in [0.4, 0.5) is 0 Å². The van der Waals surface area contributed by atoms with Gasteiger partial charge in [0.05, 0.1) is 0 Å². The van der Waals surface area contributed by atoms with Crippen molar-refractivity contribution in [1.82, 2.24) is 0 Å². The normalized spacial score (nSPS) is 10.6. The topological polar surface area (TPSA) is 0 Å². The first-order chi connectivity index (χ1) is 7.83. The molecule has 0 aliphatic rings. The molecule has 0 nitrogen and oxygen atoms in total. The van der Waals surface area contributed by atoms with Crippen molar-refractivity contribution in [2.24, 2.45) is 0 Å². The maximum absolute atomic E-state index is 2.18. The molecule has 0 atom stereocenters. The third-order valence-corrected chi connectivity index (χ3v) is 2.82. The van der Waals surface area contributed by atoms with Crippen LogP contribution in [0.15, 0.2) is 54.6 Å². The van der Waals surface area contributed by atoms with Crippen molar-refractivity contribution >= 4 is 16.8 Å². The predicted molar refractivity (Wildman–Crippen MR) is 86.0 cm³/mol. The monoisotopic (exact) mass is 240 g/mol. The third-order valence-electron chi connectivity index (χ3n) is 2.82. The van der Waals surface area contributed by atoms with E-state index in [0.29, 0.717) is 0 Å². The molecule has 0 heterocycles. The number of fused-ring (bicyclic) bond motifs is 1. The minimum Gasteiger partial charge on any atom is -0.0877 e. The SMILES string of the molecule is C.C.C/C=C\C=C/c1ccc2ccccc2c1C. The zero-order chi connectivity index (χ0) is 11.4. The van der Waals surface area contributed by atoms with Gasteiger partial charge < -0.3 is 0 Å². The van der Waals surface area contributed by atoms with E-state index in [4.69, 9.17) is 0 Å². The highest BCUT2D eigenvalue weighted by atomic mass is 14.0. The number of aryl methyl sites for hydroxylation is 1. The van der Waals surface area contributed by atoms with Crippen molar-refractivity contribution in [1.29, 1.82) is 0 Å². The molecule has 0 bridgehead atoms. The van der Waals surface area contributed by atoms with Crippen molar-refractivity contribution in [2.45, 2.75) is 28.7 Å². The molecule has 0 fully saturated rings. The average Bonchev–Trinajstić information content (AvgIpc) is 2.33. The molecule has 0 aromatic heterocycles. The molecule has 96 valence electrons. The first-order valence-corrected chi connectivity index (χ1v) is 5.60. The van der Waals surface area contributed by atoms with Gasteiger partial charge in [-0.3, -0.25) is 0 Å². The quantitative estimate of drug-likeness (QED) is 0.564. The Morgan fingerprint density at radius 1 is 0.889 bits per heavy atom. The van der Waals surface area contributed by atoms with Crippen LogP contribution in [0.2, 0.25) is 0 Å². The average molecular weight is 240 g/mol. The molecule has 0 spiro atoms. The summed E-state index contributed by atoms with van der Waals surface area (Å²) in [6.45, 7) is 4.20. The minimum absolute atomic E-state index is 0. The smallest absolute Gasteiger partial charge is 0.0149 e. The Kier molecular flexibility index (Phi) is 6.74. The summed E-state index contributed by atoms with van der Waals surface area (Å²) in [4.78, 5) is 0. The maximum Gasteiger partial charge on any atom is -0.0149 e. The van der Waals surface area contributed by atoms with E-state index in [9.17, 15) is 0 Å². The van der Waals surface area contributed by atoms with E-state index >= 15 is 0 Å². The van der Waals surface area contributed by atoms with Gasteiger partial charge in [0, 0.05) is 0 Å². The van der Waals surface area contributed by atoms with Gasteiger partial charge in [-0.05, 0) is 35.7 Å². The number of hydrogen-bond acceptors (Lipinski definition) is 0. The molecular formula is C18H24. The van der Waals surface area contributed by atoms with Crippen LogP contribution in [0.1, 0.15) is 32.9 Å². The molecule has 2 aromatic carbocycles. The molecule has 0 N–H and O–H groups in total. The number of allylic oxidation sites excluding steroid dienone is 3. The predicted octanol–water partition coefficient (Wildman–Crippen LogP) is 6.01. The molecular weight excluding hydrogens is 216 g/mol. The van der Waals surface area contributed by atoms with Crippen LogP contribution in [-0.4, -0.2) is 0 Å². The van der Waals surface area contributed by atoms with Gasteiger partial charge in [-0.25, -0.2) is 0 Å². The molecule has 2 aromatic rings. The number of hydrogen-bond donors (Lipinski definition) is 0. The van der Waals surface area contributed by atoms with Crippen LogP contribution >= 0.6 is 0 Å². The van der Waals surface area contributed by atoms with Gasteiger partial charge >= 0.3 is 0 Å². The van der Waals surface area contributed by atoms with E-state index in [-0.39, 0.29) is 14.9 Å². The molecule has 18 heavy (non-hydrogen) atoms. The molecule has 0 saturated heterocycles. The fraction of sp³-hybridized carbons (Fsp3) is 0.222. The zero-order valence-corrected chi connectivity index (χ0v) is 9.77. The molecule has 0 radical (unpaired) electrons. The summed E-state index contributed by atoms with van der Waals surface area (Å²) in [5.74, 6) is 0. The minimum atomic E-state index is 0. The highest BCUT2D eigenvalue weighted by Crippen LogP contribution is 2.22. The molecule has 0 heteroatoms. The second-order valence-corrected chi connectivity index (χ2v) is 3.89. The van der Waals surface area contributed by atoms with Gasteiger partial charge in [0.15, 0.2) is 0 Å². The van der Waals surface area contributed by atoms with E-state index in [1.54, 1.807) is 0 Å². The molecule has 0 aliphatic heterocycles. The molecule has 0 aliphatic carbocycles. The van der Waals surface area contributed by atoms with Crippen LogP contribution < -0.4 is 0 Å². The summed E-state index contributed by atoms with van der Waals surface area (Å²) >= 11 is 0. The van der Waals surface area contributed by atoms with Crippen LogP contribution in [0.3, 0.4) is 0 Å². The van der Waals surface area contributed by atoms with Crippen molar-refractivity contribution < 1.29 is 0 Å². The Balaban J connectivity index is 0.00000144. The van der Waals surface area contributed by atoms with E-state index in [2.05, 4.69) is 61.5 Å². The van der Waals surface area contributed by atoms with Crippen molar-refractivity contribution in [3.63, 3.8) is 0 Å². The lowest BCUT2D eigenvalue weighted by Crippen LogP contribution is -1.83. The van der Waals surface area contributed by atoms with E-state index < -0.39 is 0 Å². The van der Waals surface area contributed by atoms with Gasteiger partial charge in [-0.15, -0.1) is 0 Å². The molecule has 2 rings (SSSR count). The lowest BCUT2D eigenvalue weighted by Gasteiger charge is -2.05.